The fourth-order valence-electron chi connectivity index (χ4n) is 0.642. The quantitative estimate of drug-likeness (QED) is 0.0794. The van der Waals surface area contributed by atoms with Crippen molar-refractivity contribution in [2.24, 2.45) is 0 Å². The number of hydrogen-bond acceptors (Lipinski definition) is 0. The number of hydrogen-bond donors (Lipinski definition) is 0. The van der Waals surface area contributed by atoms with Crippen molar-refractivity contribution in [3.05, 3.63) is 0 Å². The summed E-state index contributed by atoms with van der Waals surface area (Å²) in [6.07, 6.45) is 0. The molecule has 0 heterocycles. The van der Waals surface area contributed by atoms with E-state index in [4.69, 9.17) is 0 Å². The van der Waals surface area contributed by atoms with E-state index in [0.29, 0.717) is 0 Å². The van der Waals surface area contributed by atoms with E-state index in [1.54, 1.807) is 0 Å². The van der Waals surface area contributed by atoms with Crippen molar-refractivity contribution in [3.8, 4) is 0 Å². The van der Waals surface area contributed by atoms with Gasteiger partial charge in [0.25, 0.3) is 0 Å². The second-order valence-corrected chi connectivity index (χ2v) is 1060. The van der Waals surface area contributed by atoms with E-state index in [2.05, 4.69) is 433 Å². The zero-order chi connectivity index (χ0) is 36.7. The van der Waals surface area contributed by atoms with E-state index in [1.165, 1.54) is 0 Å². The molecule has 0 aliphatic rings. The summed E-state index contributed by atoms with van der Waals surface area (Å²) in [6.45, 7) is 0. The monoisotopic (exact) mass is 5730 g/mol. The predicted molar refractivity (Wildman–Crippen MR) is 637 cm³/mol. The Morgan fingerprint density at radius 1 is 0.174 bits per heavy atom. The summed E-state index contributed by atoms with van der Waals surface area (Å²) in [5.74, 6) is 0. The Labute approximate surface area is 575 Å². The Hall–Kier alpha value is 32.9. The minimum atomic E-state index is -0.563. The molecule has 322 valence electrons. The van der Waals surface area contributed by atoms with Crippen LogP contribution >= 0.6 is 606 Å². The molecular weight excluding hydrogens is 5720 g/mol. The van der Waals surface area contributed by atoms with Gasteiger partial charge in [0, 0.05) is 0 Å². The molecule has 0 unspecified atom stereocenters. The zero-order valence-corrected chi connectivity index (χ0v) is 115. The van der Waals surface area contributed by atoms with E-state index < -0.39 is 178 Å². The van der Waals surface area contributed by atoms with Crippen LogP contribution < -0.4 is 0 Å². The Morgan fingerprint density at radius 2 is 0.283 bits per heavy atom. The number of alkyl halides is 1. The van der Waals surface area contributed by atoms with Gasteiger partial charge in [-0.25, -0.2) is 0 Å². The van der Waals surface area contributed by atoms with Crippen molar-refractivity contribution in [2.75, 3.05) is 4.93 Å². The first-order valence-electron chi connectivity index (χ1n) is 6.66. The molecule has 0 atom stereocenters. The molecule has 45 heteroatoms. The molecule has 0 aliphatic heterocycles. The molecule has 0 amide bonds. The average Bonchev–Trinajstić information content (AvgIpc) is 3.04. The molecule has 0 aromatic rings. The van der Waals surface area contributed by atoms with Crippen molar-refractivity contribution < 1.29 is 0 Å². The van der Waals surface area contributed by atoms with Crippen LogP contribution in [0.15, 0.2) is 0 Å². The van der Waals surface area contributed by atoms with E-state index in [0.717, 1.165) is 0 Å². The number of rotatable bonds is 21. The Bertz CT molecular complexity index is 735. The summed E-state index contributed by atoms with van der Waals surface area (Å²) < 4.78 is 0. The normalized spacial score (nSPS) is 18.8. The van der Waals surface area contributed by atoms with Gasteiger partial charge in [0.2, 0.25) is 0 Å². The van der Waals surface area contributed by atoms with Crippen LogP contribution in [0.5, 0.6) is 0 Å². The van der Waals surface area contributed by atoms with Crippen molar-refractivity contribution in [1.29, 1.82) is 0 Å². The molecule has 0 radical (unpaired) electrons. The summed E-state index contributed by atoms with van der Waals surface area (Å²) >= 11 is 74.5. The fraction of sp³-hybridized carbons (Fsp3) is 1.00. The van der Waals surface area contributed by atoms with Crippen LogP contribution in [0.4, 0.5) is 0 Å². The van der Waals surface area contributed by atoms with Gasteiger partial charge < -0.3 is 0 Å². The minimum absolute atomic E-state index is 0.446. The molecule has 0 aliphatic carbocycles. The van der Waals surface area contributed by atoms with Crippen LogP contribution in [0.25, 0.3) is 0 Å². The van der Waals surface area contributed by atoms with Crippen molar-refractivity contribution in [1.82, 2.24) is 0 Å². The summed E-state index contributed by atoms with van der Waals surface area (Å²) in [6, 6.07) is 0. The Balaban J connectivity index is 5.51. The zero-order valence-electron chi connectivity index (χ0n) is 18.0. The van der Waals surface area contributed by atoms with Gasteiger partial charge in [-0.3, -0.25) is 0 Å². The third kappa shape index (κ3) is 32.4. The van der Waals surface area contributed by atoms with Crippen LogP contribution in [0.3, 0.4) is 0 Å². The molecule has 0 N–H and O–H groups in total. The third-order valence-corrected chi connectivity index (χ3v) is 3420. The molecule has 46 heavy (non-hydrogen) atoms. The molecule has 0 nitrogen and oxygen atoms in total. The standard InChI is InChI=1S/CH3I45/c1-25(2)27(5)29(7)31(9)33(11)35(13)37(15)39(17)41(19)43(21)45(23)46(24)44(22)42(20)40(18)38(16)36(14)34(12)32(10)30(8)28(6)26(3)4/h1H3. The summed E-state index contributed by atoms with van der Waals surface area (Å²) in [7, 11) is -11.0. The first-order chi connectivity index (χ1) is 20.9. The van der Waals surface area contributed by atoms with E-state index in [1.807, 2.05) is 0 Å². The van der Waals surface area contributed by atoms with Crippen LogP contribution in [0.1, 0.15) is 0 Å². The van der Waals surface area contributed by atoms with Crippen LogP contribution in [0, 0.1) is 0 Å². The predicted octanol–water partition coefficient (Wildman–Crippen LogP) is 40.0. The SMILES string of the molecule is CI(I)I(I)I(I)I(I)I(I)I(I)I(I)I(I)I(I)I(I)I(I)I(I)I(I)I(I)I(I)I(I)I(I)I(I)I(I)I(I)I(I)I(I)I. The second-order valence-electron chi connectivity index (χ2n) is 3.74. The van der Waals surface area contributed by atoms with E-state index >= 15 is 0 Å². The molecule has 0 saturated carbocycles. The van der Waals surface area contributed by atoms with Gasteiger partial charge in [0.1, 0.15) is 0 Å². The molecule has 0 spiro atoms. The molecule has 0 aromatic heterocycles. The van der Waals surface area contributed by atoms with E-state index in [9.17, 15) is 0 Å². The topological polar surface area (TPSA) is 0 Å². The van der Waals surface area contributed by atoms with Crippen LogP contribution in [0.2, 0.25) is 0 Å². The average molecular weight is 5730 g/mol. The first-order valence-corrected chi connectivity index (χ1v) is 285. The van der Waals surface area contributed by atoms with Crippen molar-refractivity contribution in [2.45, 2.75) is 0 Å². The molecule has 0 bridgehead atoms. The maximum atomic E-state index is 3.37. The van der Waals surface area contributed by atoms with Gasteiger partial charge in [0.15, 0.2) is 0 Å². The number of halogens is 45. The van der Waals surface area contributed by atoms with Crippen molar-refractivity contribution in [3.63, 3.8) is 0 Å². The molecular formula is CH3I45. The van der Waals surface area contributed by atoms with Gasteiger partial charge >= 0.3 is 611 Å². The maximum absolute atomic E-state index is 3.37. The fourth-order valence-corrected chi connectivity index (χ4v) is 8260. The van der Waals surface area contributed by atoms with Gasteiger partial charge in [0.05, 0.1) is 0 Å². The van der Waals surface area contributed by atoms with Gasteiger partial charge in [-0.15, -0.1) is 0 Å². The summed E-state index contributed by atoms with van der Waals surface area (Å²) in [5.41, 5.74) is 0. The second kappa shape index (κ2) is 47.1. The molecule has 0 saturated heterocycles. The molecule has 0 aromatic carbocycles. The van der Waals surface area contributed by atoms with Gasteiger partial charge in [-0.05, 0) is 0 Å². The van der Waals surface area contributed by atoms with Crippen LogP contribution in [-0.4, -0.2) is 4.93 Å². The molecule has 0 rings (SSSR count). The summed E-state index contributed by atoms with van der Waals surface area (Å²) in [4.78, 5) is 2.74. The Morgan fingerprint density at radius 3 is 0.391 bits per heavy atom. The Kier molecular flexibility index (Phi) is 80.7. The van der Waals surface area contributed by atoms with Crippen LogP contribution in [-0.2, 0) is 0 Å². The summed E-state index contributed by atoms with van der Waals surface area (Å²) in [5, 5.41) is 0. The van der Waals surface area contributed by atoms with Crippen molar-refractivity contribution >= 4 is 606 Å². The van der Waals surface area contributed by atoms with Gasteiger partial charge in [-0.2, -0.15) is 0 Å². The van der Waals surface area contributed by atoms with E-state index in [-0.39, 0.29) is 0 Å². The first kappa shape index (κ1) is 78.9. The third-order valence-electron chi connectivity index (χ3n) is 1.78. The molecule has 0 fully saturated rings. The van der Waals surface area contributed by atoms with Gasteiger partial charge in [-0.1, -0.05) is 0 Å².